The van der Waals surface area contributed by atoms with Crippen LogP contribution in [0.4, 0.5) is 5.69 Å². The van der Waals surface area contributed by atoms with Gasteiger partial charge in [-0.15, -0.1) is 5.10 Å². The largest absolute Gasteiger partial charge is 0.399 e. The predicted molar refractivity (Wildman–Crippen MR) is 83.7 cm³/mol. The molecule has 21 heavy (non-hydrogen) atoms. The summed E-state index contributed by atoms with van der Waals surface area (Å²) in [6, 6.07) is 6.37. The summed E-state index contributed by atoms with van der Waals surface area (Å²) < 4.78 is 2.01. The van der Waals surface area contributed by atoms with Gasteiger partial charge in [0.15, 0.2) is 5.82 Å². The van der Waals surface area contributed by atoms with Gasteiger partial charge in [-0.25, -0.2) is 4.68 Å². The van der Waals surface area contributed by atoms with E-state index in [1.807, 2.05) is 23.7 Å². The molecular formula is C16H23N5. The zero-order valence-electron chi connectivity index (χ0n) is 13.0. The number of aromatic nitrogens is 4. The summed E-state index contributed by atoms with van der Waals surface area (Å²) in [6.07, 6.45) is 4.79. The lowest BCUT2D eigenvalue weighted by molar-refractivity contribution is 0.174. The summed E-state index contributed by atoms with van der Waals surface area (Å²) in [4.78, 5) is 0. The second-order valence-electron chi connectivity index (χ2n) is 6.93. The van der Waals surface area contributed by atoms with Crippen molar-refractivity contribution < 1.29 is 0 Å². The Morgan fingerprint density at radius 1 is 1.33 bits per heavy atom. The van der Waals surface area contributed by atoms with Gasteiger partial charge in [0.1, 0.15) is 0 Å². The number of nitrogen functional groups attached to an aromatic ring is 1. The minimum absolute atomic E-state index is 0.364. The van der Waals surface area contributed by atoms with Crippen LogP contribution >= 0.6 is 0 Å². The summed E-state index contributed by atoms with van der Waals surface area (Å²) in [5.74, 6) is 0.848. The highest BCUT2D eigenvalue weighted by atomic mass is 15.5. The molecule has 5 heteroatoms. The Balaban J connectivity index is 1.95. The molecule has 1 aliphatic rings. The molecule has 2 N–H and O–H groups in total. The highest BCUT2D eigenvalue weighted by Crippen LogP contribution is 2.41. The van der Waals surface area contributed by atoms with Gasteiger partial charge in [-0.05, 0) is 65.8 Å². The highest BCUT2D eigenvalue weighted by molar-refractivity contribution is 5.61. The lowest BCUT2D eigenvalue weighted by Gasteiger charge is -2.35. The van der Waals surface area contributed by atoms with Crippen molar-refractivity contribution in [1.82, 2.24) is 20.2 Å². The van der Waals surface area contributed by atoms with Crippen molar-refractivity contribution in [2.24, 2.45) is 5.41 Å². The van der Waals surface area contributed by atoms with Crippen LogP contribution in [0.3, 0.4) is 0 Å². The predicted octanol–water partition coefficient (Wildman–Crippen LogP) is 3.37. The van der Waals surface area contributed by atoms with E-state index in [9.17, 15) is 0 Å². The third-order valence-corrected chi connectivity index (χ3v) is 4.55. The molecule has 0 bridgehead atoms. The molecule has 0 saturated heterocycles. The van der Waals surface area contributed by atoms with Crippen LogP contribution in [0, 0.1) is 12.3 Å². The lowest BCUT2D eigenvalue weighted by atomic mass is 9.75. The fourth-order valence-corrected chi connectivity index (χ4v) is 3.31. The quantitative estimate of drug-likeness (QED) is 0.859. The molecule has 0 spiro atoms. The minimum atomic E-state index is 0.364. The number of benzene rings is 1. The first-order chi connectivity index (χ1) is 9.96. The Hall–Kier alpha value is -1.91. The number of tetrazole rings is 1. The maximum absolute atomic E-state index is 5.90. The Morgan fingerprint density at radius 3 is 2.86 bits per heavy atom. The Kier molecular flexibility index (Phi) is 3.43. The fourth-order valence-electron chi connectivity index (χ4n) is 3.31. The fraction of sp³-hybridized carbons (Fsp3) is 0.562. The topological polar surface area (TPSA) is 69.6 Å². The van der Waals surface area contributed by atoms with Gasteiger partial charge in [-0.3, -0.25) is 0 Å². The summed E-state index contributed by atoms with van der Waals surface area (Å²) in [6.45, 7) is 6.67. The van der Waals surface area contributed by atoms with Crippen LogP contribution in [0.5, 0.6) is 0 Å². The average molecular weight is 285 g/mol. The normalized spacial score (nSPS) is 21.4. The van der Waals surface area contributed by atoms with E-state index in [2.05, 4.69) is 35.4 Å². The van der Waals surface area contributed by atoms with Crippen LogP contribution in [0.1, 0.15) is 51.1 Å². The first-order valence-electron chi connectivity index (χ1n) is 7.61. The van der Waals surface area contributed by atoms with Crippen molar-refractivity contribution in [1.29, 1.82) is 0 Å². The first kappa shape index (κ1) is 14.0. The summed E-state index contributed by atoms with van der Waals surface area (Å²) >= 11 is 0. The number of hydrogen-bond donors (Lipinski definition) is 1. The summed E-state index contributed by atoms with van der Waals surface area (Å²) in [7, 11) is 0. The smallest absolute Gasteiger partial charge is 0.182 e. The standard InChI is InChI=1S/C16H23N5/c1-11-9-12(6-7-14(11)17)15-18-19-20-21(15)13-5-4-8-16(2,3)10-13/h6-7,9,13H,4-5,8,10,17H2,1-3H3. The molecule has 1 aromatic carbocycles. The Bertz CT molecular complexity index is 644. The molecule has 112 valence electrons. The molecule has 0 amide bonds. The number of nitrogens with two attached hydrogens (primary N) is 1. The van der Waals surface area contributed by atoms with Crippen molar-refractivity contribution >= 4 is 5.69 Å². The van der Waals surface area contributed by atoms with Gasteiger partial charge in [0.2, 0.25) is 0 Å². The van der Waals surface area contributed by atoms with E-state index in [1.165, 1.54) is 12.8 Å². The van der Waals surface area contributed by atoms with E-state index < -0.39 is 0 Å². The summed E-state index contributed by atoms with van der Waals surface area (Å²) in [5.41, 5.74) is 9.16. The molecule has 1 fully saturated rings. The Labute approximate surface area is 125 Å². The van der Waals surface area contributed by atoms with Crippen LogP contribution in [-0.2, 0) is 0 Å². The monoisotopic (exact) mass is 285 g/mol. The van der Waals surface area contributed by atoms with E-state index >= 15 is 0 Å². The number of rotatable bonds is 2. The molecule has 2 aromatic rings. The van der Waals surface area contributed by atoms with E-state index in [4.69, 9.17) is 5.73 Å². The minimum Gasteiger partial charge on any atom is -0.399 e. The molecule has 5 nitrogen and oxygen atoms in total. The van der Waals surface area contributed by atoms with Crippen molar-refractivity contribution in [2.45, 2.75) is 52.5 Å². The van der Waals surface area contributed by atoms with Gasteiger partial charge in [-0.2, -0.15) is 0 Å². The van der Waals surface area contributed by atoms with Gasteiger partial charge in [0.05, 0.1) is 6.04 Å². The van der Waals surface area contributed by atoms with Crippen LogP contribution in [0.15, 0.2) is 18.2 Å². The second kappa shape index (κ2) is 5.13. The van der Waals surface area contributed by atoms with Gasteiger partial charge in [0, 0.05) is 11.3 Å². The third kappa shape index (κ3) is 2.77. The Morgan fingerprint density at radius 2 is 2.14 bits per heavy atom. The maximum atomic E-state index is 5.90. The van der Waals surface area contributed by atoms with Crippen molar-refractivity contribution in [3.05, 3.63) is 23.8 Å². The summed E-state index contributed by atoms with van der Waals surface area (Å²) in [5, 5.41) is 12.4. The molecule has 1 unspecified atom stereocenters. The van der Waals surface area contributed by atoms with E-state index in [0.717, 1.165) is 35.5 Å². The zero-order valence-corrected chi connectivity index (χ0v) is 13.0. The molecule has 1 aliphatic carbocycles. The van der Waals surface area contributed by atoms with Crippen LogP contribution in [-0.4, -0.2) is 20.2 Å². The molecule has 1 heterocycles. The first-order valence-corrected chi connectivity index (χ1v) is 7.61. The van der Waals surface area contributed by atoms with Crippen molar-refractivity contribution in [3.8, 4) is 11.4 Å². The molecule has 1 aromatic heterocycles. The van der Waals surface area contributed by atoms with E-state index in [1.54, 1.807) is 0 Å². The number of nitrogens with zero attached hydrogens (tertiary/aromatic N) is 4. The third-order valence-electron chi connectivity index (χ3n) is 4.55. The second-order valence-corrected chi connectivity index (χ2v) is 6.93. The average Bonchev–Trinajstić information content (AvgIpc) is 2.90. The molecular weight excluding hydrogens is 262 g/mol. The van der Waals surface area contributed by atoms with Crippen LogP contribution in [0.25, 0.3) is 11.4 Å². The van der Waals surface area contributed by atoms with Crippen LogP contribution in [0.2, 0.25) is 0 Å². The number of hydrogen-bond acceptors (Lipinski definition) is 4. The van der Waals surface area contributed by atoms with E-state index in [0.29, 0.717) is 11.5 Å². The molecule has 0 aliphatic heterocycles. The van der Waals surface area contributed by atoms with Crippen molar-refractivity contribution in [3.63, 3.8) is 0 Å². The molecule has 1 atom stereocenters. The molecule has 0 radical (unpaired) electrons. The number of aryl methyl sites for hydroxylation is 1. The van der Waals surface area contributed by atoms with Crippen molar-refractivity contribution in [2.75, 3.05) is 5.73 Å². The number of anilines is 1. The van der Waals surface area contributed by atoms with Gasteiger partial charge in [0.25, 0.3) is 0 Å². The van der Waals surface area contributed by atoms with Crippen LogP contribution < -0.4 is 5.73 Å². The zero-order chi connectivity index (χ0) is 15.0. The van der Waals surface area contributed by atoms with Gasteiger partial charge in [-0.1, -0.05) is 20.3 Å². The highest BCUT2D eigenvalue weighted by Gasteiger charge is 2.31. The lowest BCUT2D eigenvalue weighted by Crippen LogP contribution is -2.26. The molecule has 3 rings (SSSR count). The maximum Gasteiger partial charge on any atom is 0.182 e. The van der Waals surface area contributed by atoms with Gasteiger partial charge < -0.3 is 5.73 Å². The van der Waals surface area contributed by atoms with Gasteiger partial charge >= 0.3 is 0 Å². The SMILES string of the molecule is Cc1cc(-c2nnnn2C2CCCC(C)(C)C2)ccc1N. The molecule has 1 saturated carbocycles. The van der Waals surface area contributed by atoms with E-state index in [-0.39, 0.29) is 0 Å².